The van der Waals surface area contributed by atoms with E-state index in [0.29, 0.717) is 19.6 Å². The molecule has 0 bridgehead atoms. The number of amides is 2. The van der Waals surface area contributed by atoms with Gasteiger partial charge in [-0.3, -0.25) is 19.3 Å². The van der Waals surface area contributed by atoms with Crippen LogP contribution >= 0.6 is 0 Å². The summed E-state index contributed by atoms with van der Waals surface area (Å²) in [6, 6.07) is 0. The van der Waals surface area contributed by atoms with Gasteiger partial charge in [0.2, 0.25) is 0 Å². The van der Waals surface area contributed by atoms with Gasteiger partial charge in [0.25, 0.3) is 0 Å². The van der Waals surface area contributed by atoms with Crippen molar-refractivity contribution in [3.05, 3.63) is 0 Å². The number of rotatable bonds is 3. The number of ether oxygens (including phenoxy) is 1. The van der Waals surface area contributed by atoms with Crippen molar-refractivity contribution in [3.8, 4) is 0 Å². The van der Waals surface area contributed by atoms with E-state index in [1.165, 1.54) is 9.80 Å². The van der Waals surface area contributed by atoms with Gasteiger partial charge in [-0.05, 0) is 27.7 Å². The fourth-order valence-electron chi connectivity index (χ4n) is 1.49. The van der Waals surface area contributed by atoms with E-state index in [1.807, 2.05) is 6.92 Å². The molecule has 1 rings (SSSR count). The summed E-state index contributed by atoms with van der Waals surface area (Å²) < 4.78 is 5.03. The van der Waals surface area contributed by atoms with Gasteiger partial charge >= 0.3 is 17.8 Å². The van der Waals surface area contributed by atoms with Gasteiger partial charge in [-0.1, -0.05) is 0 Å². The molecule has 0 radical (unpaired) electrons. The highest BCUT2D eigenvalue weighted by Crippen LogP contribution is 2.15. The third kappa shape index (κ3) is 3.21. The zero-order valence-electron chi connectivity index (χ0n) is 11.4. The maximum absolute atomic E-state index is 11.7. The van der Waals surface area contributed by atoms with Crippen molar-refractivity contribution >= 4 is 17.8 Å². The molecule has 18 heavy (non-hydrogen) atoms. The number of nitrogens with zero attached hydrogens (tertiary/aromatic N) is 2. The molecule has 0 aromatic carbocycles. The average molecular weight is 256 g/mol. The van der Waals surface area contributed by atoms with Gasteiger partial charge in [0.05, 0.1) is 5.41 Å². The Hall–Kier alpha value is -1.59. The highest BCUT2D eigenvalue weighted by Gasteiger charge is 2.33. The van der Waals surface area contributed by atoms with Crippen LogP contribution in [-0.4, -0.2) is 53.9 Å². The number of carbonyl (C=O) groups is 3. The van der Waals surface area contributed by atoms with E-state index in [0.717, 1.165) is 0 Å². The van der Waals surface area contributed by atoms with E-state index in [-0.39, 0.29) is 12.7 Å². The van der Waals surface area contributed by atoms with E-state index in [1.54, 1.807) is 20.8 Å². The normalized spacial score (nSPS) is 17.1. The van der Waals surface area contributed by atoms with Gasteiger partial charge in [0.15, 0.2) is 6.73 Å². The smallest absolute Gasteiger partial charge is 0.314 e. The van der Waals surface area contributed by atoms with Crippen molar-refractivity contribution in [1.29, 1.82) is 0 Å². The number of hydrogen-bond donors (Lipinski definition) is 0. The Balaban J connectivity index is 2.53. The first-order valence-electron chi connectivity index (χ1n) is 6.02. The van der Waals surface area contributed by atoms with Gasteiger partial charge in [0.1, 0.15) is 0 Å². The summed E-state index contributed by atoms with van der Waals surface area (Å²) in [5.74, 6) is -1.53. The molecule has 0 saturated carbocycles. The molecule has 0 aromatic rings. The van der Waals surface area contributed by atoms with Crippen LogP contribution in [-0.2, 0) is 19.1 Å². The lowest BCUT2D eigenvalue weighted by Crippen LogP contribution is -2.54. The van der Waals surface area contributed by atoms with Crippen LogP contribution in [0.2, 0.25) is 0 Å². The second-order valence-corrected chi connectivity index (χ2v) is 5.26. The lowest BCUT2D eigenvalue weighted by Gasteiger charge is -2.33. The first-order valence-corrected chi connectivity index (χ1v) is 6.02. The number of piperazine rings is 1. The fourth-order valence-corrected chi connectivity index (χ4v) is 1.49. The molecule has 0 aromatic heterocycles. The topological polar surface area (TPSA) is 66.9 Å². The Bertz CT molecular complexity index is 360. The summed E-state index contributed by atoms with van der Waals surface area (Å²) in [4.78, 5) is 37.6. The van der Waals surface area contributed by atoms with Crippen molar-refractivity contribution in [2.45, 2.75) is 27.7 Å². The molecule has 1 fully saturated rings. The maximum Gasteiger partial charge on any atom is 0.314 e. The van der Waals surface area contributed by atoms with E-state index in [4.69, 9.17) is 4.74 Å². The largest absolute Gasteiger partial charge is 0.444 e. The summed E-state index contributed by atoms with van der Waals surface area (Å²) >= 11 is 0. The second-order valence-electron chi connectivity index (χ2n) is 5.26. The molecular formula is C12H20N2O4. The van der Waals surface area contributed by atoms with Crippen LogP contribution in [0.4, 0.5) is 0 Å². The van der Waals surface area contributed by atoms with Crippen LogP contribution in [0.25, 0.3) is 0 Å². The van der Waals surface area contributed by atoms with Gasteiger partial charge in [0, 0.05) is 19.6 Å². The second kappa shape index (κ2) is 5.37. The van der Waals surface area contributed by atoms with E-state index < -0.39 is 17.2 Å². The Morgan fingerprint density at radius 3 is 2.17 bits per heavy atom. The first kappa shape index (κ1) is 14.5. The van der Waals surface area contributed by atoms with E-state index in [9.17, 15) is 14.4 Å². The molecule has 2 amide bonds. The standard InChI is InChI=1S/C12H20N2O4/c1-5-13-6-7-14(10(16)9(13)15)8-18-11(17)12(2,3)4/h5-8H2,1-4H3. The number of likely N-dealkylation sites (N-methyl/N-ethyl adjacent to an activating group) is 1. The summed E-state index contributed by atoms with van der Waals surface area (Å²) in [7, 11) is 0. The Kier molecular flexibility index (Phi) is 4.32. The summed E-state index contributed by atoms with van der Waals surface area (Å²) in [6.45, 7) is 8.26. The zero-order chi connectivity index (χ0) is 13.9. The molecule has 1 heterocycles. The van der Waals surface area contributed by atoms with Crippen molar-refractivity contribution in [2.24, 2.45) is 5.41 Å². The predicted octanol–water partition coefficient (Wildman–Crippen LogP) is 0.224. The summed E-state index contributed by atoms with van der Waals surface area (Å²) in [6.07, 6.45) is 0. The molecule has 6 nitrogen and oxygen atoms in total. The molecular weight excluding hydrogens is 236 g/mol. The average Bonchev–Trinajstić information content (AvgIpc) is 2.29. The van der Waals surface area contributed by atoms with Crippen LogP contribution in [0.15, 0.2) is 0 Å². The number of esters is 1. The van der Waals surface area contributed by atoms with Crippen LogP contribution in [0.3, 0.4) is 0 Å². The lowest BCUT2D eigenvalue weighted by atomic mass is 9.98. The molecule has 0 atom stereocenters. The minimum atomic E-state index is -0.613. The Labute approximate surface area is 107 Å². The van der Waals surface area contributed by atoms with Crippen LogP contribution < -0.4 is 0 Å². The zero-order valence-corrected chi connectivity index (χ0v) is 11.4. The fraction of sp³-hybridized carbons (Fsp3) is 0.750. The van der Waals surface area contributed by atoms with Gasteiger partial charge in [-0.15, -0.1) is 0 Å². The lowest BCUT2D eigenvalue weighted by molar-refractivity contribution is -0.168. The van der Waals surface area contributed by atoms with Crippen LogP contribution in [0.5, 0.6) is 0 Å². The third-order valence-electron chi connectivity index (χ3n) is 2.74. The highest BCUT2D eigenvalue weighted by molar-refractivity contribution is 6.35. The first-order chi connectivity index (χ1) is 8.27. The monoisotopic (exact) mass is 256 g/mol. The minimum absolute atomic E-state index is 0.155. The Morgan fingerprint density at radius 2 is 1.67 bits per heavy atom. The van der Waals surface area contributed by atoms with Gasteiger partial charge in [-0.25, -0.2) is 0 Å². The van der Waals surface area contributed by atoms with Crippen LogP contribution in [0.1, 0.15) is 27.7 Å². The molecule has 1 aliphatic heterocycles. The third-order valence-corrected chi connectivity index (χ3v) is 2.74. The highest BCUT2D eigenvalue weighted by atomic mass is 16.5. The maximum atomic E-state index is 11.7. The van der Waals surface area contributed by atoms with Crippen molar-refractivity contribution in [3.63, 3.8) is 0 Å². The van der Waals surface area contributed by atoms with Crippen molar-refractivity contribution < 1.29 is 19.1 Å². The molecule has 0 spiro atoms. The molecule has 0 N–H and O–H groups in total. The number of carbonyl (C=O) groups excluding carboxylic acids is 3. The van der Waals surface area contributed by atoms with Crippen molar-refractivity contribution in [1.82, 2.24) is 9.80 Å². The molecule has 0 aliphatic carbocycles. The van der Waals surface area contributed by atoms with Crippen molar-refractivity contribution in [2.75, 3.05) is 26.4 Å². The van der Waals surface area contributed by atoms with E-state index >= 15 is 0 Å². The quantitative estimate of drug-likeness (QED) is 0.535. The predicted molar refractivity (Wildman–Crippen MR) is 64.4 cm³/mol. The number of hydrogen-bond acceptors (Lipinski definition) is 4. The molecule has 6 heteroatoms. The minimum Gasteiger partial charge on any atom is -0.444 e. The molecule has 1 aliphatic rings. The summed E-state index contributed by atoms with van der Waals surface area (Å²) in [5.41, 5.74) is -0.613. The van der Waals surface area contributed by atoms with Crippen LogP contribution in [0, 0.1) is 5.41 Å². The summed E-state index contributed by atoms with van der Waals surface area (Å²) in [5, 5.41) is 0. The molecule has 1 saturated heterocycles. The molecule has 102 valence electrons. The van der Waals surface area contributed by atoms with E-state index in [2.05, 4.69) is 0 Å². The Morgan fingerprint density at radius 1 is 1.17 bits per heavy atom. The van der Waals surface area contributed by atoms with Gasteiger partial charge < -0.3 is 9.64 Å². The van der Waals surface area contributed by atoms with Gasteiger partial charge in [-0.2, -0.15) is 0 Å². The molecule has 0 unspecified atom stereocenters. The SMILES string of the molecule is CCN1CCN(COC(=O)C(C)(C)C)C(=O)C1=O.